The predicted octanol–water partition coefficient (Wildman–Crippen LogP) is 2.55. The average Bonchev–Trinajstić information content (AvgIpc) is 2.52. The van der Waals surface area contributed by atoms with Crippen LogP contribution < -0.4 is 4.74 Å². The highest BCUT2D eigenvalue weighted by Crippen LogP contribution is 2.25. The molecule has 1 amide bonds. The summed E-state index contributed by atoms with van der Waals surface area (Å²) in [6, 6.07) is 7.06. The Labute approximate surface area is 124 Å². The van der Waals surface area contributed by atoms with E-state index in [9.17, 15) is 9.59 Å². The van der Waals surface area contributed by atoms with Crippen LogP contribution in [0.4, 0.5) is 0 Å². The molecular formula is C16H21NO4. The maximum atomic E-state index is 12.6. The number of carboxylic acids is 1. The Kier molecular flexibility index (Phi) is 5.20. The minimum Gasteiger partial charge on any atom is -0.481 e. The molecule has 0 spiro atoms. The highest BCUT2D eigenvalue weighted by atomic mass is 16.5. The van der Waals surface area contributed by atoms with Crippen molar-refractivity contribution in [1.29, 1.82) is 0 Å². The van der Waals surface area contributed by atoms with E-state index in [0.29, 0.717) is 11.3 Å². The van der Waals surface area contributed by atoms with Crippen LogP contribution in [0.15, 0.2) is 24.3 Å². The number of amides is 1. The van der Waals surface area contributed by atoms with Gasteiger partial charge in [-0.3, -0.25) is 4.79 Å². The predicted molar refractivity (Wildman–Crippen MR) is 78.5 cm³/mol. The maximum absolute atomic E-state index is 12.6. The van der Waals surface area contributed by atoms with Gasteiger partial charge in [0.25, 0.3) is 5.91 Å². The second-order valence-corrected chi connectivity index (χ2v) is 5.39. The van der Waals surface area contributed by atoms with E-state index in [2.05, 4.69) is 0 Å². The third-order valence-corrected chi connectivity index (χ3v) is 3.91. The number of hydrogen-bond donors (Lipinski definition) is 1. The Morgan fingerprint density at radius 3 is 2.57 bits per heavy atom. The van der Waals surface area contributed by atoms with Gasteiger partial charge in [-0.25, -0.2) is 4.79 Å². The summed E-state index contributed by atoms with van der Waals surface area (Å²) in [5, 5.41) is 8.70. The van der Waals surface area contributed by atoms with Crippen molar-refractivity contribution in [2.75, 3.05) is 13.7 Å². The van der Waals surface area contributed by atoms with Crippen LogP contribution >= 0.6 is 0 Å². The number of carboxylic acid groups (broad SMARTS) is 1. The van der Waals surface area contributed by atoms with E-state index in [1.165, 1.54) is 6.42 Å². The summed E-state index contributed by atoms with van der Waals surface area (Å²) >= 11 is 0. The van der Waals surface area contributed by atoms with E-state index in [4.69, 9.17) is 9.84 Å². The molecule has 5 nitrogen and oxygen atoms in total. The molecule has 0 heterocycles. The smallest absolute Gasteiger partial charge is 0.341 e. The van der Waals surface area contributed by atoms with E-state index in [-0.39, 0.29) is 11.9 Å². The molecule has 0 bridgehead atoms. The van der Waals surface area contributed by atoms with Crippen LogP contribution in [0.1, 0.15) is 42.5 Å². The zero-order valence-corrected chi connectivity index (χ0v) is 12.2. The minimum absolute atomic E-state index is 0.108. The summed E-state index contributed by atoms with van der Waals surface area (Å²) in [6.45, 7) is -0.447. The minimum atomic E-state index is -1.06. The van der Waals surface area contributed by atoms with Gasteiger partial charge in [0, 0.05) is 13.1 Å². The number of carbonyl (C=O) groups excluding carboxylic acids is 1. The SMILES string of the molecule is CN(C(=O)c1ccccc1OCC(=O)O)C1CCCCC1. The topological polar surface area (TPSA) is 66.8 Å². The zero-order chi connectivity index (χ0) is 15.2. The maximum Gasteiger partial charge on any atom is 0.341 e. The molecule has 2 rings (SSSR count). The van der Waals surface area contributed by atoms with E-state index >= 15 is 0 Å². The number of rotatable bonds is 5. The van der Waals surface area contributed by atoms with E-state index in [1.54, 1.807) is 29.2 Å². The number of benzene rings is 1. The number of hydrogen-bond acceptors (Lipinski definition) is 3. The van der Waals surface area contributed by atoms with Gasteiger partial charge in [0.05, 0.1) is 5.56 Å². The summed E-state index contributed by atoms with van der Waals surface area (Å²) in [6.07, 6.45) is 5.59. The molecule has 1 saturated carbocycles. The lowest BCUT2D eigenvalue weighted by Gasteiger charge is -2.31. The summed E-state index contributed by atoms with van der Waals surface area (Å²) in [5.74, 6) is -0.840. The van der Waals surface area contributed by atoms with Crippen LogP contribution in [0.5, 0.6) is 5.75 Å². The van der Waals surface area contributed by atoms with Gasteiger partial charge >= 0.3 is 5.97 Å². The largest absolute Gasteiger partial charge is 0.481 e. The first-order valence-electron chi connectivity index (χ1n) is 7.30. The molecule has 0 aliphatic heterocycles. The van der Waals surface area contributed by atoms with Gasteiger partial charge in [-0.15, -0.1) is 0 Å². The van der Waals surface area contributed by atoms with Gasteiger partial charge < -0.3 is 14.7 Å². The van der Waals surface area contributed by atoms with Gasteiger partial charge in [0.1, 0.15) is 5.75 Å². The Hall–Kier alpha value is -2.04. The van der Waals surface area contributed by atoms with Gasteiger partial charge in [0.15, 0.2) is 6.61 Å². The van der Waals surface area contributed by atoms with Crippen molar-refractivity contribution in [2.24, 2.45) is 0 Å². The van der Waals surface area contributed by atoms with Crippen molar-refractivity contribution < 1.29 is 19.4 Å². The molecule has 21 heavy (non-hydrogen) atoms. The van der Waals surface area contributed by atoms with Crippen molar-refractivity contribution in [3.63, 3.8) is 0 Å². The summed E-state index contributed by atoms with van der Waals surface area (Å²) in [4.78, 5) is 25.0. The number of carbonyl (C=O) groups is 2. The highest BCUT2D eigenvalue weighted by Gasteiger charge is 2.24. The van der Waals surface area contributed by atoms with E-state index in [1.807, 2.05) is 7.05 Å². The van der Waals surface area contributed by atoms with E-state index < -0.39 is 12.6 Å². The van der Waals surface area contributed by atoms with Gasteiger partial charge in [-0.05, 0) is 25.0 Å². The first kappa shape index (κ1) is 15.4. The van der Waals surface area contributed by atoms with Crippen molar-refractivity contribution in [2.45, 2.75) is 38.1 Å². The third-order valence-electron chi connectivity index (χ3n) is 3.91. The monoisotopic (exact) mass is 291 g/mol. The zero-order valence-electron chi connectivity index (χ0n) is 12.2. The van der Waals surface area contributed by atoms with Crippen LogP contribution in [0.2, 0.25) is 0 Å². The number of nitrogens with zero attached hydrogens (tertiary/aromatic N) is 1. The Morgan fingerprint density at radius 2 is 1.90 bits per heavy atom. The van der Waals surface area contributed by atoms with Crippen LogP contribution in [0.25, 0.3) is 0 Å². The first-order valence-corrected chi connectivity index (χ1v) is 7.30. The van der Waals surface area contributed by atoms with Crippen molar-refractivity contribution in [1.82, 2.24) is 4.90 Å². The second kappa shape index (κ2) is 7.11. The van der Waals surface area contributed by atoms with Gasteiger partial charge in [0.2, 0.25) is 0 Å². The summed E-state index contributed by atoms with van der Waals surface area (Å²) in [7, 11) is 1.81. The van der Waals surface area contributed by atoms with Crippen molar-refractivity contribution in [3.05, 3.63) is 29.8 Å². The Balaban J connectivity index is 2.12. The number of aliphatic carboxylic acids is 1. The van der Waals surface area contributed by atoms with Crippen LogP contribution in [-0.2, 0) is 4.79 Å². The molecule has 0 atom stereocenters. The standard InChI is InChI=1S/C16H21NO4/c1-17(12-7-3-2-4-8-12)16(20)13-9-5-6-10-14(13)21-11-15(18)19/h5-6,9-10,12H,2-4,7-8,11H2,1H3,(H,18,19). The Morgan fingerprint density at radius 1 is 1.24 bits per heavy atom. The van der Waals surface area contributed by atoms with Crippen LogP contribution in [0, 0.1) is 0 Å². The molecule has 1 fully saturated rings. The number of para-hydroxylation sites is 1. The molecule has 0 saturated heterocycles. The molecule has 1 aliphatic rings. The molecule has 0 radical (unpaired) electrons. The van der Waals surface area contributed by atoms with Gasteiger partial charge in [-0.1, -0.05) is 31.4 Å². The fourth-order valence-electron chi connectivity index (χ4n) is 2.73. The lowest BCUT2D eigenvalue weighted by Crippen LogP contribution is -2.38. The van der Waals surface area contributed by atoms with E-state index in [0.717, 1.165) is 25.7 Å². The molecule has 114 valence electrons. The number of ether oxygens (including phenoxy) is 1. The second-order valence-electron chi connectivity index (χ2n) is 5.39. The molecule has 1 aromatic carbocycles. The summed E-state index contributed by atoms with van der Waals surface area (Å²) in [5.41, 5.74) is 0.423. The molecule has 1 aliphatic carbocycles. The molecular weight excluding hydrogens is 270 g/mol. The molecule has 0 unspecified atom stereocenters. The third kappa shape index (κ3) is 3.97. The fourth-order valence-corrected chi connectivity index (χ4v) is 2.73. The van der Waals surface area contributed by atoms with Crippen molar-refractivity contribution in [3.8, 4) is 5.75 Å². The first-order chi connectivity index (χ1) is 10.1. The molecule has 1 N–H and O–H groups in total. The fraction of sp³-hybridized carbons (Fsp3) is 0.500. The molecule has 1 aromatic rings. The highest BCUT2D eigenvalue weighted by molar-refractivity contribution is 5.97. The molecule has 0 aromatic heterocycles. The average molecular weight is 291 g/mol. The van der Waals surface area contributed by atoms with Crippen molar-refractivity contribution >= 4 is 11.9 Å². The van der Waals surface area contributed by atoms with Crippen LogP contribution in [0.3, 0.4) is 0 Å². The quantitative estimate of drug-likeness (QED) is 0.905. The lowest BCUT2D eigenvalue weighted by molar-refractivity contribution is -0.139. The van der Waals surface area contributed by atoms with Crippen LogP contribution in [-0.4, -0.2) is 41.6 Å². The summed E-state index contributed by atoms with van der Waals surface area (Å²) < 4.78 is 5.21. The molecule has 5 heteroatoms. The Bertz CT molecular complexity index is 509. The lowest BCUT2D eigenvalue weighted by atomic mass is 9.94. The normalized spacial score (nSPS) is 15.5. The van der Waals surface area contributed by atoms with Gasteiger partial charge in [-0.2, -0.15) is 0 Å².